The highest BCUT2D eigenvalue weighted by atomic mass is 16.5. The number of amides is 2. The zero-order chi connectivity index (χ0) is 21.3. The zero-order valence-corrected chi connectivity index (χ0v) is 17.0. The Morgan fingerprint density at radius 3 is 1.50 bits per heavy atom. The summed E-state index contributed by atoms with van der Waals surface area (Å²) in [6.07, 6.45) is 2.59. The summed E-state index contributed by atoms with van der Waals surface area (Å²) in [5.41, 5.74) is 0.985. The molecule has 30 heavy (non-hydrogen) atoms. The fourth-order valence-corrected chi connectivity index (χ4v) is 2.74. The molecule has 0 spiro atoms. The summed E-state index contributed by atoms with van der Waals surface area (Å²) in [5, 5.41) is 13.1. The quantitative estimate of drug-likeness (QED) is 0.481. The van der Waals surface area contributed by atoms with E-state index in [9.17, 15) is 9.59 Å². The number of nitrogens with zero attached hydrogens (tertiary/aromatic N) is 4. The van der Waals surface area contributed by atoms with Crippen LogP contribution in [0.3, 0.4) is 0 Å². The maximum absolute atomic E-state index is 12.2. The van der Waals surface area contributed by atoms with E-state index in [0.29, 0.717) is 73.3 Å². The number of hydrogen-bond donors (Lipinski definition) is 2. The standard InChI is InChI=1S/C20H24N6O4/c1-13-23-17(29-25-13)5-3-11-21-19(27)15-7-9-16(10-8-15)20(28)22-12-4-6-18-24-14(2)26-30-18/h7-10H,3-6,11-12H2,1-2H3,(H,21,27)(H,22,28). The van der Waals surface area contributed by atoms with E-state index < -0.39 is 0 Å². The number of rotatable bonds is 10. The molecule has 2 N–H and O–H groups in total. The molecule has 1 aromatic carbocycles. The van der Waals surface area contributed by atoms with Crippen LogP contribution in [0, 0.1) is 13.8 Å². The predicted octanol–water partition coefficient (Wildman–Crippen LogP) is 1.79. The van der Waals surface area contributed by atoms with Crippen molar-refractivity contribution < 1.29 is 18.6 Å². The molecule has 10 nitrogen and oxygen atoms in total. The normalized spacial score (nSPS) is 10.7. The van der Waals surface area contributed by atoms with Crippen LogP contribution >= 0.6 is 0 Å². The molecule has 2 heterocycles. The Balaban J connectivity index is 1.36. The van der Waals surface area contributed by atoms with Crippen LogP contribution in [0.15, 0.2) is 33.3 Å². The third-order valence-electron chi connectivity index (χ3n) is 4.25. The van der Waals surface area contributed by atoms with E-state index in [2.05, 4.69) is 30.9 Å². The molecular formula is C20H24N6O4. The van der Waals surface area contributed by atoms with E-state index in [-0.39, 0.29) is 11.8 Å². The lowest BCUT2D eigenvalue weighted by Crippen LogP contribution is -2.26. The van der Waals surface area contributed by atoms with E-state index in [1.165, 1.54) is 0 Å². The molecule has 2 aromatic heterocycles. The average molecular weight is 412 g/mol. The maximum Gasteiger partial charge on any atom is 0.251 e. The molecule has 0 fully saturated rings. The second-order valence-electron chi connectivity index (χ2n) is 6.77. The van der Waals surface area contributed by atoms with Crippen molar-refractivity contribution in [2.24, 2.45) is 0 Å². The first-order valence-electron chi connectivity index (χ1n) is 9.76. The van der Waals surface area contributed by atoms with E-state index in [1.807, 2.05) is 0 Å². The molecule has 2 amide bonds. The van der Waals surface area contributed by atoms with Gasteiger partial charge in [0, 0.05) is 37.1 Å². The summed E-state index contributed by atoms with van der Waals surface area (Å²) in [5.74, 6) is 1.92. The van der Waals surface area contributed by atoms with Gasteiger partial charge in [0.05, 0.1) is 0 Å². The smallest absolute Gasteiger partial charge is 0.251 e. The van der Waals surface area contributed by atoms with Crippen molar-refractivity contribution in [2.75, 3.05) is 13.1 Å². The van der Waals surface area contributed by atoms with Gasteiger partial charge in [0.25, 0.3) is 11.8 Å². The third kappa shape index (κ3) is 6.23. The molecule has 158 valence electrons. The molecule has 0 aliphatic heterocycles. The Morgan fingerprint density at radius 1 is 0.767 bits per heavy atom. The van der Waals surface area contributed by atoms with Gasteiger partial charge in [-0.1, -0.05) is 10.3 Å². The Hall–Kier alpha value is -3.56. The lowest BCUT2D eigenvalue weighted by Gasteiger charge is -2.07. The number of aryl methyl sites for hydroxylation is 4. The molecule has 3 aromatic rings. The Bertz CT molecular complexity index is 900. The van der Waals surface area contributed by atoms with Gasteiger partial charge in [-0.15, -0.1) is 0 Å². The van der Waals surface area contributed by atoms with Gasteiger partial charge >= 0.3 is 0 Å². The van der Waals surface area contributed by atoms with Crippen molar-refractivity contribution in [1.29, 1.82) is 0 Å². The molecule has 0 saturated carbocycles. The third-order valence-corrected chi connectivity index (χ3v) is 4.25. The molecular weight excluding hydrogens is 388 g/mol. The van der Waals surface area contributed by atoms with Crippen molar-refractivity contribution in [2.45, 2.75) is 39.5 Å². The topological polar surface area (TPSA) is 136 Å². The maximum atomic E-state index is 12.2. The number of carbonyl (C=O) groups is 2. The van der Waals surface area contributed by atoms with Crippen molar-refractivity contribution in [3.8, 4) is 0 Å². The summed E-state index contributed by atoms with van der Waals surface area (Å²) in [6, 6.07) is 6.53. The van der Waals surface area contributed by atoms with Crippen molar-refractivity contribution in [1.82, 2.24) is 30.9 Å². The highest BCUT2D eigenvalue weighted by Crippen LogP contribution is 2.06. The highest BCUT2D eigenvalue weighted by molar-refractivity contribution is 5.97. The van der Waals surface area contributed by atoms with Gasteiger partial charge in [0.1, 0.15) is 0 Å². The van der Waals surface area contributed by atoms with E-state index >= 15 is 0 Å². The number of aromatic nitrogens is 4. The van der Waals surface area contributed by atoms with Crippen LogP contribution in [0.4, 0.5) is 0 Å². The van der Waals surface area contributed by atoms with Crippen molar-refractivity contribution in [3.63, 3.8) is 0 Å². The Labute approximate surface area is 173 Å². The van der Waals surface area contributed by atoms with Gasteiger partial charge in [-0.3, -0.25) is 9.59 Å². The molecule has 0 atom stereocenters. The molecule has 0 aliphatic carbocycles. The van der Waals surface area contributed by atoms with Crippen LogP contribution in [0.25, 0.3) is 0 Å². The lowest BCUT2D eigenvalue weighted by molar-refractivity contribution is 0.0941. The minimum atomic E-state index is -0.196. The molecule has 0 aliphatic rings. The van der Waals surface area contributed by atoms with Crippen LogP contribution in [-0.4, -0.2) is 45.2 Å². The molecule has 0 bridgehead atoms. The van der Waals surface area contributed by atoms with E-state index in [4.69, 9.17) is 9.05 Å². The van der Waals surface area contributed by atoms with Crippen LogP contribution in [0.1, 0.15) is 57.0 Å². The first-order chi connectivity index (χ1) is 14.5. The van der Waals surface area contributed by atoms with Crippen LogP contribution < -0.4 is 10.6 Å². The van der Waals surface area contributed by atoms with Gasteiger partial charge in [0.15, 0.2) is 11.6 Å². The van der Waals surface area contributed by atoms with Gasteiger partial charge in [0.2, 0.25) is 11.8 Å². The van der Waals surface area contributed by atoms with Gasteiger partial charge in [-0.05, 0) is 51.0 Å². The molecule has 0 unspecified atom stereocenters. The summed E-state index contributed by atoms with van der Waals surface area (Å²) in [7, 11) is 0. The number of benzene rings is 1. The second kappa shape index (κ2) is 10.3. The van der Waals surface area contributed by atoms with Crippen molar-refractivity contribution >= 4 is 11.8 Å². The zero-order valence-electron chi connectivity index (χ0n) is 17.0. The van der Waals surface area contributed by atoms with Crippen LogP contribution in [0.5, 0.6) is 0 Å². The fraction of sp³-hybridized carbons (Fsp3) is 0.400. The highest BCUT2D eigenvalue weighted by Gasteiger charge is 2.10. The predicted molar refractivity (Wildman–Crippen MR) is 106 cm³/mol. The first-order valence-corrected chi connectivity index (χ1v) is 9.76. The summed E-state index contributed by atoms with van der Waals surface area (Å²) in [6.45, 7) is 4.50. The minimum absolute atomic E-state index is 0.196. The summed E-state index contributed by atoms with van der Waals surface area (Å²) >= 11 is 0. The van der Waals surface area contributed by atoms with Gasteiger partial charge in [-0.25, -0.2) is 0 Å². The van der Waals surface area contributed by atoms with E-state index in [1.54, 1.807) is 38.1 Å². The number of hydrogen-bond acceptors (Lipinski definition) is 8. The lowest BCUT2D eigenvalue weighted by atomic mass is 10.1. The monoisotopic (exact) mass is 412 g/mol. The minimum Gasteiger partial charge on any atom is -0.352 e. The summed E-state index contributed by atoms with van der Waals surface area (Å²) in [4.78, 5) is 32.6. The number of carbonyl (C=O) groups excluding carboxylic acids is 2. The van der Waals surface area contributed by atoms with Gasteiger partial charge in [-0.2, -0.15) is 9.97 Å². The van der Waals surface area contributed by atoms with Gasteiger partial charge < -0.3 is 19.7 Å². The largest absolute Gasteiger partial charge is 0.352 e. The molecule has 3 rings (SSSR count). The first kappa shape index (κ1) is 21.2. The van der Waals surface area contributed by atoms with Crippen LogP contribution in [-0.2, 0) is 12.8 Å². The van der Waals surface area contributed by atoms with E-state index in [0.717, 1.165) is 0 Å². The molecule has 0 radical (unpaired) electrons. The summed E-state index contributed by atoms with van der Waals surface area (Å²) < 4.78 is 10.1. The number of nitrogens with one attached hydrogen (secondary N) is 2. The van der Waals surface area contributed by atoms with Crippen LogP contribution in [0.2, 0.25) is 0 Å². The Morgan fingerprint density at radius 2 is 1.17 bits per heavy atom. The SMILES string of the molecule is Cc1noc(CCCNC(=O)c2ccc(C(=O)NCCCc3nc(C)no3)cc2)n1. The molecule has 10 heteroatoms. The Kier molecular flexibility index (Phi) is 7.25. The molecule has 0 saturated heterocycles. The fourth-order valence-electron chi connectivity index (χ4n) is 2.74. The van der Waals surface area contributed by atoms with Crippen molar-refractivity contribution in [3.05, 3.63) is 58.8 Å². The average Bonchev–Trinajstić information content (AvgIpc) is 3.36. The second-order valence-corrected chi connectivity index (χ2v) is 6.77.